The molecule has 1 heterocycles. The maximum absolute atomic E-state index is 13.8. The predicted octanol–water partition coefficient (Wildman–Crippen LogP) is 3.34. The smallest absolute Gasteiger partial charge is 0.434 e. The molecule has 0 aliphatic heterocycles. The predicted molar refractivity (Wildman–Crippen MR) is 98.0 cm³/mol. The van der Waals surface area contributed by atoms with Gasteiger partial charge in [-0.3, -0.25) is 10.2 Å². The van der Waals surface area contributed by atoms with Crippen LogP contribution in [0.1, 0.15) is 38.2 Å². The summed E-state index contributed by atoms with van der Waals surface area (Å²) in [6.45, 7) is 5.87. The second-order valence-electron chi connectivity index (χ2n) is 5.56. The number of carbonyl (C=O) groups is 2. The highest BCUT2D eigenvalue weighted by molar-refractivity contribution is 7.80. The molecule has 1 rings (SSSR count). The fraction of sp³-hybridized carbons (Fsp3) is 0.562. The molecule has 0 aromatic carbocycles. The van der Waals surface area contributed by atoms with Crippen LogP contribution in [0.15, 0.2) is 12.3 Å². The third kappa shape index (κ3) is 6.37. The van der Waals surface area contributed by atoms with Crippen LogP contribution in [-0.4, -0.2) is 53.9 Å². The Morgan fingerprint density at radius 1 is 1.25 bits per heavy atom. The maximum Gasteiger partial charge on any atom is 0.434 e. The quantitative estimate of drug-likeness (QED) is 0.393. The van der Waals surface area contributed by atoms with Crippen molar-refractivity contribution in [3.8, 4) is 0 Å². The lowest BCUT2D eigenvalue weighted by atomic mass is 10.3. The van der Waals surface area contributed by atoms with Gasteiger partial charge in [-0.25, -0.2) is 9.59 Å². The fourth-order valence-electron chi connectivity index (χ4n) is 2.13. The molecule has 0 aliphatic carbocycles. The number of halogens is 3. The van der Waals surface area contributed by atoms with Crippen LogP contribution in [0.5, 0.6) is 0 Å². The van der Waals surface area contributed by atoms with E-state index in [4.69, 9.17) is 21.7 Å². The van der Waals surface area contributed by atoms with Crippen molar-refractivity contribution in [1.82, 2.24) is 10.3 Å². The minimum absolute atomic E-state index is 0.00795. The molecule has 1 aromatic rings. The van der Waals surface area contributed by atoms with Crippen molar-refractivity contribution in [1.29, 1.82) is 0 Å². The number of ether oxygens (including phenoxy) is 3. The van der Waals surface area contributed by atoms with Gasteiger partial charge in [-0.05, 0) is 46.0 Å². The monoisotopic (exact) mass is 425 g/mol. The van der Waals surface area contributed by atoms with Gasteiger partial charge < -0.3 is 19.2 Å². The summed E-state index contributed by atoms with van der Waals surface area (Å²) in [6.07, 6.45) is -8.13. The van der Waals surface area contributed by atoms with E-state index in [9.17, 15) is 22.8 Å². The van der Waals surface area contributed by atoms with Crippen LogP contribution in [0.25, 0.3) is 0 Å². The topological polar surface area (TPSA) is 92.9 Å². The molecule has 1 amide bonds. The van der Waals surface area contributed by atoms with Gasteiger partial charge in [-0.15, -0.1) is 0 Å². The Kier molecular flexibility index (Phi) is 8.69. The van der Waals surface area contributed by atoms with E-state index in [0.717, 1.165) is 0 Å². The fourth-order valence-corrected chi connectivity index (χ4v) is 2.41. The summed E-state index contributed by atoms with van der Waals surface area (Å²) in [5.41, 5.74) is -0.556. The number of alkyl halides is 3. The Morgan fingerprint density at radius 3 is 2.36 bits per heavy atom. The van der Waals surface area contributed by atoms with Crippen molar-refractivity contribution >= 4 is 35.1 Å². The van der Waals surface area contributed by atoms with Crippen molar-refractivity contribution in [2.75, 3.05) is 18.1 Å². The van der Waals surface area contributed by atoms with E-state index in [2.05, 4.69) is 9.72 Å². The molecule has 28 heavy (non-hydrogen) atoms. The number of anilines is 1. The largest absolute Gasteiger partial charge is 0.461 e. The molecule has 0 aliphatic rings. The minimum Gasteiger partial charge on any atom is -0.461 e. The molecule has 8 nitrogen and oxygen atoms in total. The second kappa shape index (κ2) is 10.3. The van der Waals surface area contributed by atoms with E-state index in [-0.39, 0.29) is 24.6 Å². The number of aromatic nitrogens is 1. The van der Waals surface area contributed by atoms with Gasteiger partial charge >= 0.3 is 18.2 Å². The Balaban J connectivity index is 3.43. The number of nitrogens with one attached hydrogen (secondary N) is 2. The summed E-state index contributed by atoms with van der Waals surface area (Å²) in [5, 5.41) is 1.38. The van der Waals surface area contributed by atoms with Crippen LogP contribution in [-0.2, 0) is 14.2 Å². The van der Waals surface area contributed by atoms with Crippen molar-refractivity contribution in [3.05, 3.63) is 18.0 Å². The molecule has 0 radical (unpaired) electrons. The molecule has 1 aromatic heterocycles. The van der Waals surface area contributed by atoms with Gasteiger partial charge in [0.25, 0.3) is 0 Å². The summed E-state index contributed by atoms with van der Waals surface area (Å²) in [5.74, 6) is -0.892. The zero-order valence-corrected chi connectivity index (χ0v) is 16.6. The van der Waals surface area contributed by atoms with Gasteiger partial charge in [0.2, 0.25) is 6.23 Å². The minimum atomic E-state index is -4.91. The molecular formula is C16H22F3N3O5S. The summed E-state index contributed by atoms with van der Waals surface area (Å²) in [6, 6.07) is 1.19. The number of esters is 1. The Hall–Kier alpha value is -2.34. The molecule has 1 atom stereocenters. The van der Waals surface area contributed by atoms with Crippen molar-refractivity contribution in [3.63, 3.8) is 0 Å². The highest BCUT2D eigenvalue weighted by Crippen LogP contribution is 2.33. The Morgan fingerprint density at radius 2 is 1.86 bits per heavy atom. The number of rotatable bonds is 7. The van der Waals surface area contributed by atoms with Gasteiger partial charge in [-0.2, -0.15) is 13.2 Å². The summed E-state index contributed by atoms with van der Waals surface area (Å²) in [7, 11) is 0. The molecular weight excluding hydrogens is 403 g/mol. The van der Waals surface area contributed by atoms with Gasteiger partial charge in [0.1, 0.15) is 5.69 Å². The number of hydrogen-bond acceptors (Lipinski definition) is 6. The average Bonchev–Trinajstić information content (AvgIpc) is 3.02. The normalized spacial score (nSPS) is 12.4. The highest BCUT2D eigenvalue weighted by atomic mass is 32.1. The lowest BCUT2D eigenvalue weighted by Crippen LogP contribution is -2.56. The zero-order valence-electron chi connectivity index (χ0n) is 15.8. The Bertz CT molecular complexity index is 693. The molecule has 12 heteroatoms. The highest BCUT2D eigenvalue weighted by Gasteiger charge is 2.48. The van der Waals surface area contributed by atoms with Crippen LogP contribution >= 0.6 is 12.2 Å². The van der Waals surface area contributed by atoms with E-state index < -0.39 is 35.7 Å². The third-order valence-corrected chi connectivity index (χ3v) is 3.38. The SMILES string of the molecule is CCOC(=O)NC(=S)N(c1cc[nH]c1C(=O)OCC)C(OC(C)C)C(F)(F)F. The molecule has 0 saturated carbocycles. The van der Waals surface area contributed by atoms with Crippen LogP contribution in [0.2, 0.25) is 0 Å². The van der Waals surface area contributed by atoms with E-state index in [1.54, 1.807) is 6.92 Å². The number of alkyl carbamates (subject to hydrolysis) is 1. The summed E-state index contributed by atoms with van der Waals surface area (Å²) in [4.78, 5) is 26.8. The molecule has 0 spiro atoms. The van der Waals surface area contributed by atoms with E-state index in [1.807, 2.05) is 5.32 Å². The lowest BCUT2D eigenvalue weighted by molar-refractivity contribution is -0.225. The lowest BCUT2D eigenvalue weighted by Gasteiger charge is -2.35. The van der Waals surface area contributed by atoms with Crippen molar-refractivity contribution in [2.24, 2.45) is 0 Å². The summed E-state index contributed by atoms with van der Waals surface area (Å²) < 4.78 is 55.8. The maximum atomic E-state index is 13.8. The first-order valence-electron chi connectivity index (χ1n) is 8.36. The van der Waals surface area contributed by atoms with Crippen LogP contribution < -0.4 is 10.2 Å². The molecule has 158 valence electrons. The first-order chi connectivity index (χ1) is 13.0. The molecule has 0 bridgehead atoms. The standard InChI is InChI=1S/C16H22F3N3O5S/c1-5-25-12(23)11-10(7-8-20-11)22(14(28)21-15(24)26-6-2)13(16(17,18)19)27-9(3)4/h7-9,13,20H,5-6H2,1-4H3,(H,21,24,28). The Labute approximate surface area is 165 Å². The number of amides is 1. The number of thiocarbonyl (C=S) groups is 1. The number of H-pyrrole nitrogens is 1. The van der Waals surface area contributed by atoms with Crippen molar-refractivity contribution < 1.29 is 37.0 Å². The second-order valence-corrected chi connectivity index (χ2v) is 5.94. The third-order valence-electron chi connectivity index (χ3n) is 3.08. The molecule has 0 fully saturated rings. The van der Waals surface area contributed by atoms with Gasteiger partial charge in [0.05, 0.1) is 25.0 Å². The van der Waals surface area contributed by atoms with Crippen LogP contribution in [0.3, 0.4) is 0 Å². The molecule has 2 N–H and O–H groups in total. The average molecular weight is 425 g/mol. The number of nitrogens with zero attached hydrogens (tertiary/aromatic N) is 1. The van der Waals surface area contributed by atoms with Crippen LogP contribution in [0.4, 0.5) is 23.7 Å². The first-order valence-corrected chi connectivity index (χ1v) is 8.77. The summed E-state index contributed by atoms with van der Waals surface area (Å²) >= 11 is 4.99. The van der Waals surface area contributed by atoms with Gasteiger partial charge in [0.15, 0.2) is 5.11 Å². The zero-order chi connectivity index (χ0) is 21.5. The van der Waals surface area contributed by atoms with Gasteiger partial charge in [0, 0.05) is 6.20 Å². The van der Waals surface area contributed by atoms with E-state index in [0.29, 0.717) is 4.90 Å². The van der Waals surface area contributed by atoms with Crippen molar-refractivity contribution in [2.45, 2.75) is 46.2 Å². The molecule has 0 saturated heterocycles. The van der Waals surface area contributed by atoms with E-state index >= 15 is 0 Å². The number of aromatic amines is 1. The first kappa shape index (κ1) is 23.7. The molecule has 1 unspecified atom stereocenters. The van der Waals surface area contributed by atoms with E-state index in [1.165, 1.54) is 33.0 Å². The van der Waals surface area contributed by atoms with Crippen LogP contribution in [0, 0.1) is 0 Å². The number of hydrogen-bond donors (Lipinski definition) is 2. The van der Waals surface area contributed by atoms with Gasteiger partial charge in [-0.1, -0.05) is 0 Å². The number of carbonyl (C=O) groups excluding carboxylic acids is 2.